The third kappa shape index (κ3) is 2.05. The van der Waals surface area contributed by atoms with Gasteiger partial charge in [-0.15, -0.1) is 0 Å². The number of rotatable bonds is 3. The van der Waals surface area contributed by atoms with Crippen molar-refractivity contribution in [3.05, 3.63) is 42.8 Å². The van der Waals surface area contributed by atoms with Crippen molar-refractivity contribution >= 4 is 0 Å². The first-order valence-corrected chi connectivity index (χ1v) is 6.70. The van der Waals surface area contributed by atoms with Crippen LogP contribution in [0.1, 0.15) is 0 Å². The molecule has 6 nitrogen and oxygen atoms in total. The van der Waals surface area contributed by atoms with E-state index in [9.17, 15) is 0 Å². The summed E-state index contributed by atoms with van der Waals surface area (Å²) in [6.07, 6.45) is 1.40. The summed E-state index contributed by atoms with van der Waals surface area (Å²) >= 11 is 0. The highest BCUT2D eigenvalue weighted by Crippen LogP contribution is 2.38. The SMILES string of the molecule is COc1cccc(-c2ncoc2-c2ccc3c(c2)OCO3)n1. The second-order valence-corrected chi connectivity index (χ2v) is 4.66. The first kappa shape index (κ1) is 12.7. The number of ether oxygens (including phenoxy) is 3. The molecule has 22 heavy (non-hydrogen) atoms. The maximum absolute atomic E-state index is 5.55. The number of oxazole rings is 1. The Balaban J connectivity index is 1.79. The molecule has 0 spiro atoms. The largest absolute Gasteiger partial charge is 0.481 e. The molecule has 110 valence electrons. The van der Waals surface area contributed by atoms with Crippen LogP contribution in [0.5, 0.6) is 17.4 Å². The van der Waals surface area contributed by atoms with Gasteiger partial charge in [0.1, 0.15) is 5.69 Å². The molecular formula is C16H12N2O4. The van der Waals surface area contributed by atoms with Crippen molar-refractivity contribution in [2.24, 2.45) is 0 Å². The van der Waals surface area contributed by atoms with Crippen LogP contribution < -0.4 is 14.2 Å². The van der Waals surface area contributed by atoms with Crippen LogP contribution in [0.15, 0.2) is 47.2 Å². The predicted molar refractivity (Wildman–Crippen MR) is 77.8 cm³/mol. The third-order valence-electron chi connectivity index (χ3n) is 3.38. The van der Waals surface area contributed by atoms with Gasteiger partial charge in [0.25, 0.3) is 0 Å². The molecule has 1 aromatic carbocycles. The number of pyridine rings is 1. The van der Waals surface area contributed by atoms with Crippen molar-refractivity contribution in [3.8, 4) is 40.1 Å². The second kappa shape index (κ2) is 5.07. The molecule has 1 aliphatic heterocycles. The summed E-state index contributed by atoms with van der Waals surface area (Å²) in [5.74, 6) is 2.57. The summed E-state index contributed by atoms with van der Waals surface area (Å²) in [6, 6.07) is 11.1. The zero-order valence-corrected chi connectivity index (χ0v) is 11.8. The highest BCUT2D eigenvalue weighted by Gasteiger charge is 2.19. The van der Waals surface area contributed by atoms with Crippen LogP contribution in [0.2, 0.25) is 0 Å². The van der Waals surface area contributed by atoms with Gasteiger partial charge >= 0.3 is 0 Å². The van der Waals surface area contributed by atoms with E-state index in [4.69, 9.17) is 18.6 Å². The lowest BCUT2D eigenvalue weighted by molar-refractivity contribution is 0.174. The lowest BCUT2D eigenvalue weighted by Gasteiger charge is -2.04. The lowest BCUT2D eigenvalue weighted by Crippen LogP contribution is -1.92. The topological polar surface area (TPSA) is 66.6 Å². The molecule has 0 radical (unpaired) electrons. The van der Waals surface area contributed by atoms with E-state index in [0.29, 0.717) is 28.8 Å². The highest BCUT2D eigenvalue weighted by molar-refractivity contribution is 5.76. The van der Waals surface area contributed by atoms with Crippen molar-refractivity contribution in [2.45, 2.75) is 0 Å². The van der Waals surface area contributed by atoms with E-state index in [1.165, 1.54) is 6.39 Å². The standard InChI is InChI=1S/C16H12N2O4/c1-19-14-4-2-3-11(18-14)15-16(20-8-17-15)10-5-6-12-13(7-10)22-9-21-12/h2-8H,9H2,1H3. The maximum Gasteiger partial charge on any atom is 0.231 e. The Bertz CT molecular complexity index is 829. The molecule has 1 aliphatic rings. The van der Waals surface area contributed by atoms with Crippen LogP contribution in [0.3, 0.4) is 0 Å². The molecule has 0 unspecified atom stereocenters. The van der Waals surface area contributed by atoms with Crippen LogP contribution in [0.25, 0.3) is 22.7 Å². The van der Waals surface area contributed by atoms with E-state index in [-0.39, 0.29) is 6.79 Å². The predicted octanol–water partition coefficient (Wildman–Crippen LogP) is 3.14. The molecule has 6 heteroatoms. The zero-order chi connectivity index (χ0) is 14.9. The van der Waals surface area contributed by atoms with Gasteiger partial charge in [-0.2, -0.15) is 0 Å². The molecule has 0 atom stereocenters. The summed E-state index contributed by atoms with van der Waals surface area (Å²) in [7, 11) is 1.58. The van der Waals surface area contributed by atoms with E-state index in [0.717, 1.165) is 11.3 Å². The van der Waals surface area contributed by atoms with Crippen LogP contribution in [-0.4, -0.2) is 23.9 Å². The van der Waals surface area contributed by atoms with Crippen molar-refractivity contribution in [2.75, 3.05) is 13.9 Å². The molecule has 2 aromatic heterocycles. The highest BCUT2D eigenvalue weighted by atomic mass is 16.7. The number of methoxy groups -OCH3 is 1. The second-order valence-electron chi connectivity index (χ2n) is 4.66. The van der Waals surface area contributed by atoms with Gasteiger partial charge in [0.2, 0.25) is 12.7 Å². The van der Waals surface area contributed by atoms with Gasteiger partial charge in [-0.1, -0.05) is 6.07 Å². The van der Waals surface area contributed by atoms with Gasteiger partial charge in [0.15, 0.2) is 23.7 Å². The minimum Gasteiger partial charge on any atom is -0.481 e. The number of hydrogen-bond acceptors (Lipinski definition) is 6. The summed E-state index contributed by atoms with van der Waals surface area (Å²) in [5.41, 5.74) is 2.18. The third-order valence-corrected chi connectivity index (χ3v) is 3.38. The number of fused-ring (bicyclic) bond motifs is 1. The fraction of sp³-hybridized carbons (Fsp3) is 0.125. The maximum atomic E-state index is 5.55. The Morgan fingerprint density at radius 3 is 2.91 bits per heavy atom. The summed E-state index contributed by atoms with van der Waals surface area (Å²) in [5, 5.41) is 0. The van der Waals surface area contributed by atoms with Gasteiger partial charge in [-0.3, -0.25) is 0 Å². The minimum atomic E-state index is 0.236. The summed E-state index contributed by atoms with van der Waals surface area (Å²) in [4.78, 5) is 8.67. The first-order chi connectivity index (χ1) is 10.8. The van der Waals surface area contributed by atoms with Gasteiger partial charge in [-0.05, 0) is 24.3 Å². The van der Waals surface area contributed by atoms with E-state index in [1.54, 1.807) is 13.2 Å². The molecule has 0 fully saturated rings. The van der Waals surface area contributed by atoms with Crippen LogP contribution in [0, 0.1) is 0 Å². The number of nitrogens with zero attached hydrogens (tertiary/aromatic N) is 2. The van der Waals surface area contributed by atoms with Crippen molar-refractivity contribution in [1.29, 1.82) is 0 Å². The summed E-state index contributed by atoms with van der Waals surface area (Å²) in [6.45, 7) is 0.236. The van der Waals surface area contributed by atoms with Crippen molar-refractivity contribution in [3.63, 3.8) is 0 Å². The Morgan fingerprint density at radius 2 is 2.00 bits per heavy atom. The van der Waals surface area contributed by atoms with E-state index in [1.807, 2.05) is 30.3 Å². The smallest absolute Gasteiger partial charge is 0.231 e. The van der Waals surface area contributed by atoms with E-state index >= 15 is 0 Å². The van der Waals surface area contributed by atoms with E-state index in [2.05, 4.69) is 9.97 Å². The quantitative estimate of drug-likeness (QED) is 0.739. The molecule has 0 saturated carbocycles. The molecule has 0 bridgehead atoms. The first-order valence-electron chi connectivity index (χ1n) is 6.70. The molecule has 3 heterocycles. The Morgan fingerprint density at radius 1 is 1.09 bits per heavy atom. The normalized spacial score (nSPS) is 12.4. The number of hydrogen-bond donors (Lipinski definition) is 0. The zero-order valence-electron chi connectivity index (χ0n) is 11.8. The average molecular weight is 296 g/mol. The molecule has 3 aromatic rings. The van der Waals surface area contributed by atoms with Crippen molar-refractivity contribution < 1.29 is 18.6 Å². The van der Waals surface area contributed by atoms with Crippen LogP contribution in [-0.2, 0) is 0 Å². The molecule has 4 rings (SSSR count). The number of aromatic nitrogens is 2. The molecular weight excluding hydrogens is 284 g/mol. The molecule has 0 aliphatic carbocycles. The molecule has 0 amide bonds. The fourth-order valence-corrected chi connectivity index (χ4v) is 2.33. The van der Waals surface area contributed by atoms with Crippen molar-refractivity contribution in [1.82, 2.24) is 9.97 Å². The molecule has 0 N–H and O–H groups in total. The van der Waals surface area contributed by atoms with E-state index < -0.39 is 0 Å². The minimum absolute atomic E-state index is 0.236. The number of benzene rings is 1. The fourth-order valence-electron chi connectivity index (χ4n) is 2.33. The molecule has 0 saturated heterocycles. The van der Waals surface area contributed by atoms with Gasteiger partial charge in [0, 0.05) is 11.6 Å². The lowest BCUT2D eigenvalue weighted by atomic mass is 10.1. The van der Waals surface area contributed by atoms with Gasteiger partial charge in [0.05, 0.1) is 12.8 Å². The Kier molecular flexibility index (Phi) is 2.93. The van der Waals surface area contributed by atoms with Gasteiger partial charge < -0.3 is 18.6 Å². The van der Waals surface area contributed by atoms with Crippen LogP contribution >= 0.6 is 0 Å². The Labute approximate surface area is 126 Å². The average Bonchev–Trinajstić information content (AvgIpc) is 3.23. The Hall–Kier alpha value is -3.02. The summed E-state index contributed by atoms with van der Waals surface area (Å²) < 4.78 is 21.4. The van der Waals surface area contributed by atoms with Crippen LogP contribution in [0.4, 0.5) is 0 Å². The monoisotopic (exact) mass is 296 g/mol. The van der Waals surface area contributed by atoms with Gasteiger partial charge in [-0.25, -0.2) is 9.97 Å².